The minimum absolute atomic E-state index is 0.163. The molecule has 1 amide bonds. The van der Waals surface area contributed by atoms with Crippen LogP contribution in [0, 0.1) is 13.8 Å². The number of aryl methyl sites for hydroxylation is 2. The van der Waals surface area contributed by atoms with Gasteiger partial charge in [0.1, 0.15) is 0 Å². The number of nitrogens with one attached hydrogen (secondary N) is 1. The Bertz CT molecular complexity index is 695. The second-order valence-electron chi connectivity index (χ2n) is 5.84. The van der Waals surface area contributed by atoms with Gasteiger partial charge in [-0.1, -0.05) is 0 Å². The fraction of sp³-hybridized carbons (Fsp3) is 0.412. The van der Waals surface area contributed by atoms with E-state index in [1.807, 2.05) is 43.3 Å². The first-order valence-electron chi connectivity index (χ1n) is 7.58. The largest absolute Gasteiger partial charge is 0.388 e. The second kappa shape index (κ2) is 6.08. The van der Waals surface area contributed by atoms with E-state index in [9.17, 15) is 4.79 Å². The number of aromatic nitrogens is 1. The molecular formula is C17H21N3OS. The van der Waals surface area contributed by atoms with Crippen molar-refractivity contribution in [1.82, 2.24) is 9.88 Å². The molecule has 0 aromatic carbocycles. The molecule has 2 aromatic rings. The summed E-state index contributed by atoms with van der Waals surface area (Å²) >= 11 is 1.53. The maximum atomic E-state index is 12.6. The monoisotopic (exact) mass is 315 g/mol. The number of likely N-dealkylation sites (tertiary alicyclic amines) is 1. The fourth-order valence-corrected chi connectivity index (χ4v) is 3.86. The van der Waals surface area contributed by atoms with Gasteiger partial charge < -0.3 is 10.2 Å². The average Bonchev–Trinajstić information content (AvgIpc) is 3.14. The minimum atomic E-state index is 0.163. The van der Waals surface area contributed by atoms with E-state index in [0.29, 0.717) is 5.92 Å². The number of amides is 1. The standard InChI is InChI=1S/C17H21N3OS/c1-11-5-7-22-16(11)17(21)20-6-4-13(10-20)15-9-14(18-3)8-12(2)19-15/h5,7-9,13H,4,6,10H2,1-3H3,(H,18,19)/t13-/m0/s1. The van der Waals surface area contributed by atoms with Gasteiger partial charge in [-0.25, -0.2) is 0 Å². The third-order valence-corrected chi connectivity index (χ3v) is 5.22. The molecule has 5 heteroatoms. The highest BCUT2D eigenvalue weighted by atomic mass is 32.1. The minimum Gasteiger partial charge on any atom is -0.388 e. The lowest BCUT2D eigenvalue weighted by Gasteiger charge is -2.16. The number of carbonyl (C=O) groups excluding carboxylic acids is 1. The molecule has 0 radical (unpaired) electrons. The molecular weight excluding hydrogens is 294 g/mol. The van der Waals surface area contributed by atoms with Crippen LogP contribution in [0.4, 0.5) is 5.69 Å². The van der Waals surface area contributed by atoms with E-state index >= 15 is 0 Å². The van der Waals surface area contributed by atoms with Crippen LogP contribution in [0.25, 0.3) is 0 Å². The van der Waals surface area contributed by atoms with Crippen molar-refractivity contribution in [3.8, 4) is 0 Å². The fourth-order valence-electron chi connectivity index (χ4n) is 2.97. The summed E-state index contributed by atoms with van der Waals surface area (Å²) < 4.78 is 0. The quantitative estimate of drug-likeness (QED) is 0.944. The molecule has 22 heavy (non-hydrogen) atoms. The first-order chi connectivity index (χ1) is 10.6. The topological polar surface area (TPSA) is 45.2 Å². The Morgan fingerprint density at radius 2 is 2.23 bits per heavy atom. The predicted octanol–water partition coefficient (Wildman–Crippen LogP) is 3.43. The summed E-state index contributed by atoms with van der Waals surface area (Å²) in [7, 11) is 1.92. The van der Waals surface area contributed by atoms with Crippen molar-refractivity contribution in [3.05, 3.63) is 45.4 Å². The van der Waals surface area contributed by atoms with E-state index in [1.54, 1.807) is 0 Å². The lowest BCUT2D eigenvalue weighted by Crippen LogP contribution is -2.28. The Morgan fingerprint density at radius 1 is 1.41 bits per heavy atom. The lowest BCUT2D eigenvalue weighted by molar-refractivity contribution is 0.0795. The van der Waals surface area contributed by atoms with Crippen LogP contribution < -0.4 is 5.32 Å². The third kappa shape index (κ3) is 2.86. The highest BCUT2D eigenvalue weighted by Gasteiger charge is 2.30. The smallest absolute Gasteiger partial charge is 0.264 e. The van der Waals surface area contributed by atoms with Crippen molar-refractivity contribution >= 4 is 22.9 Å². The Labute approximate surface area is 135 Å². The van der Waals surface area contributed by atoms with Gasteiger partial charge in [0.15, 0.2) is 0 Å². The molecule has 2 aromatic heterocycles. The molecule has 0 spiro atoms. The zero-order valence-electron chi connectivity index (χ0n) is 13.2. The van der Waals surface area contributed by atoms with Crippen LogP contribution in [0.15, 0.2) is 23.6 Å². The van der Waals surface area contributed by atoms with Crippen molar-refractivity contribution in [2.75, 3.05) is 25.5 Å². The van der Waals surface area contributed by atoms with Gasteiger partial charge in [0.2, 0.25) is 0 Å². The second-order valence-corrected chi connectivity index (χ2v) is 6.76. The van der Waals surface area contributed by atoms with Crippen LogP contribution in [0.3, 0.4) is 0 Å². The summed E-state index contributed by atoms with van der Waals surface area (Å²) in [5.41, 5.74) is 4.26. The van der Waals surface area contributed by atoms with Gasteiger partial charge in [0.05, 0.1) is 4.88 Å². The van der Waals surface area contributed by atoms with Gasteiger partial charge >= 0.3 is 0 Å². The van der Waals surface area contributed by atoms with Crippen molar-refractivity contribution in [3.63, 3.8) is 0 Å². The first kappa shape index (κ1) is 15.0. The molecule has 1 N–H and O–H groups in total. The number of hydrogen-bond donors (Lipinski definition) is 1. The predicted molar refractivity (Wildman–Crippen MR) is 90.8 cm³/mol. The van der Waals surface area contributed by atoms with Crippen LogP contribution in [0.2, 0.25) is 0 Å². The average molecular weight is 315 g/mol. The number of hydrogen-bond acceptors (Lipinski definition) is 4. The van der Waals surface area contributed by atoms with E-state index in [2.05, 4.69) is 16.4 Å². The first-order valence-corrected chi connectivity index (χ1v) is 8.46. The van der Waals surface area contributed by atoms with E-state index in [1.165, 1.54) is 11.3 Å². The van der Waals surface area contributed by atoms with Gasteiger partial charge in [0.25, 0.3) is 5.91 Å². The van der Waals surface area contributed by atoms with Gasteiger partial charge in [0, 0.05) is 43.1 Å². The Kier molecular flexibility index (Phi) is 4.16. The summed E-state index contributed by atoms with van der Waals surface area (Å²) in [4.78, 5) is 20.1. The molecule has 1 fully saturated rings. The number of rotatable bonds is 3. The zero-order chi connectivity index (χ0) is 15.7. The van der Waals surface area contributed by atoms with Gasteiger partial charge in [-0.15, -0.1) is 11.3 Å². The molecule has 4 nitrogen and oxygen atoms in total. The van der Waals surface area contributed by atoms with Gasteiger partial charge in [-0.3, -0.25) is 9.78 Å². The highest BCUT2D eigenvalue weighted by molar-refractivity contribution is 7.12. The number of carbonyl (C=O) groups is 1. The van der Waals surface area contributed by atoms with Crippen molar-refractivity contribution in [1.29, 1.82) is 0 Å². The number of pyridine rings is 1. The van der Waals surface area contributed by atoms with E-state index in [4.69, 9.17) is 0 Å². The molecule has 0 aliphatic carbocycles. The number of nitrogens with zero attached hydrogens (tertiary/aromatic N) is 2. The Morgan fingerprint density at radius 3 is 2.91 bits per heavy atom. The molecule has 0 saturated carbocycles. The molecule has 116 valence electrons. The molecule has 1 saturated heterocycles. The van der Waals surface area contributed by atoms with Crippen LogP contribution >= 0.6 is 11.3 Å². The molecule has 3 rings (SSSR count). The Balaban J connectivity index is 1.76. The van der Waals surface area contributed by atoms with Gasteiger partial charge in [-0.2, -0.15) is 0 Å². The lowest BCUT2D eigenvalue weighted by atomic mass is 10.0. The molecule has 3 heterocycles. The molecule has 1 aliphatic heterocycles. The molecule has 0 bridgehead atoms. The van der Waals surface area contributed by atoms with Crippen molar-refractivity contribution in [2.45, 2.75) is 26.2 Å². The van der Waals surface area contributed by atoms with E-state index < -0.39 is 0 Å². The van der Waals surface area contributed by atoms with Crippen LogP contribution in [0.1, 0.15) is 39.0 Å². The summed E-state index contributed by atoms with van der Waals surface area (Å²) in [6, 6.07) is 6.14. The van der Waals surface area contributed by atoms with Gasteiger partial charge in [-0.05, 0) is 49.4 Å². The van der Waals surface area contributed by atoms with Crippen LogP contribution in [0.5, 0.6) is 0 Å². The maximum Gasteiger partial charge on any atom is 0.264 e. The number of anilines is 1. The van der Waals surface area contributed by atoms with Crippen LogP contribution in [-0.2, 0) is 0 Å². The van der Waals surface area contributed by atoms with Crippen molar-refractivity contribution < 1.29 is 4.79 Å². The summed E-state index contributed by atoms with van der Waals surface area (Å²) in [6.07, 6.45) is 0.982. The summed E-state index contributed by atoms with van der Waals surface area (Å²) in [6.45, 7) is 5.58. The third-order valence-electron chi connectivity index (χ3n) is 4.21. The molecule has 0 unspecified atom stereocenters. The normalized spacial score (nSPS) is 17.8. The van der Waals surface area contributed by atoms with E-state index in [0.717, 1.165) is 47.0 Å². The van der Waals surface area contributed by atoms with Crippen LogP contribution in [-0.4, -0.2) is 35.9 Å². The Hall–Kier alpha value is -1.88. The maximum absolute atomic E-state index is 12.6. The zero-order valence-corrected chi connectivity index (χ0v) is 14.0. The van der Waals surface area contributed by atoms with E-state index in [-0.39, 0.29) is 5.91 Å². The van der Waals surface area contributed by atoms with Crippen molar-refractivity contribution in [2.24, 2.45) is 0 Å². The SMILES string of the molecule is CNc1cc(C)nc([C@H]2CCN(C(=O)c3sccc3C)C2)c1. The number of thiophene rings is 1. The summed E-state index contributed by atoms with van der Waals surface area (Å²) in [5, 5.41) is 5.16. The summed E-state index contributed by atoms with van der Waals surface area (Å²) in [5.74, 6) is 0.493. The molecule has 1 aliphatic rings. The highest BCUT2D eigenvalue weighted by Crippen LogP contribution is 2.30. The molecule has 1 atom stereocenters.